The van der Waals surface area contributed by atoms with E-state index in [1.807, 2.05) is 24.3 Å². The van der Waals surface area contributed by atoms with Gasteiger partial charge >= 0.3 is 12.1 Å². The minimum absolute atomic E-state index is 0.231. The Kier molecular flexibility index (Phi) is 8.15. The van der Waals surface area contributed by atoms with Crippen molar-refractivity contribution in [2.24, 2.45) is 0 Å². The average Bonchev–Trinajstić information content (AvgIpc) is 2.88. The van der Waals surface area contributed by atoms with Crippen LogP contribution in [-0.2, 0) is 15.1 Å². The van der Waals surface area contributed by atoms with E-state index in [1.54, 1.807) is 12.1 Å². The lowest BCUT2D eigenvalue weighted by atomic mass is 9.84. The fraction of sp³-hybridized carbons (Fsp3) is 0.538. The molecule has 190 valence electrons. The molecule has 0 spiro atoms. The smallest absolute Gasteiger partial charge is 0.490 e. The Morgan fingerprint density at radius 2 is 1.71 bits per heavy atom. The van der Waals surface area contributed by atoms with Gasteiger partial charge in [-0.2, -0.15) is 13.2 Å². The van der Waals surface area contributed by atoms with Gasteiger partial charge in [-0.05, 0) is 62.7 Å². The monoisotopic (exact) mass is 491 g/mol. The van der Waals surface area contributed by atoms with Gasteiger partial charge in [0.2, 0.25) is 0 Å². The third-order valence-electron chi connectivity index (χ3n) is 6.82. The van der Waals surface area contributed by atoms with Crippen LogP contribution in [0.3, 0.4) is 0 Å². The number of carbonyl (C=O) groups is 1. The van der Waals surface area contributed by atoms with E-state index in [0.29, 0.717) is 25.3 Å². The molecule has 0 amide bonds. The van der Waals surface area contributed by atoms with Crippen LogP contribution in [0.2, 0.25) is 0 Å². The van der Waals surface area contributed by atoms with Gasteiger partial charge in [-0.25, -0.2) is 4.79 Å². The van der Waals surface area contributed by atoms with Crippen LogP contribution < -0.4 is 9.64 Å². The lowest BCUT2D eigenvalue weighted by Crippen LogP contribution is -2.47. The molecule has 2 saturated heterocycles. The molecule has 0 radical (unpaired) electrons. The molecule has 2 fully saturated rings. The van der Waals surface area contributed by atoms with Crippen molar-refractivity contribution in [3.8, 4) is 5.75 Å². The molecular weight excluding hydrogens is 459 g/mol. The van der Waals surface area contributed by atoms with Crippen molar-refractivity contribution >= 4 is 11.7 Å². The van der Waals surface area contributed by atoms with Crippen molar-refractivity contribution in [2.75, 3.05) is 44.2 Å². The minimum atomic E-state index is -5.05. The summed E-state index contributed by atoms with van der Waals surface area (Å²) in [5.74, 6) is -1.37. The first kappa shape index (κ1) is 25.3. The van der Waals surface area contributed by atoms with Crippen LogP contribution >= 0.6 is 0 Å². The number of ether oxygens (including phenoxy) is 2. The van der Waals surface area contributed by atoms with Crippen LogP contribution in [0.1, 0.15) is 44.1 Å². The Bertz CT molecular complexity index is 940. The number of likely N-dealkylation sites (tertiary alicyclic amines) is 1. The molecule has 0 unspecified atom stereocenters. The number of hydrogen-bond donors (Lipinski definition) is 0. The van der Waals surface area contributed by atoms with Gasteiger partial charge in [0.1, 0.15) is 11.4 Å². The van der Waals surface area contributed by atoms with E-state index >= 15 is 0 Å². The summed E-state index contributed by atoms with van der Waals surface area (Å²) in [6, 6.07) is 11.0. The van der Waals surface area contributed by atoms with Crippen molar-refractivity contribution in [2.45, 2.75) is 50.3 Å². The highest BCUT2D eigenvalue weighted by Crippen LogP contribution is 2.39. The molecule has 1 aromatic carbocycles. The number of pyridine rings is 1. The second kappa shape index (κ2) is 11.3. The molecule has 2 aliphatic heterocycles. The third kappa shape index (κ3) is 6.66. The zero-order chi connectivity index (χ0) is 24.7. The zero-order valence-electron chi connectivity index (χ0n) is 19.8. The van der Waals surface area contributed by atoms with Gasteiger partial charge in [0.05, 0.1) is 6.61 Å². The standard InChI is InChI=1S/C26H32F3N3O3/c27-26(28,29)24(33)35-25(21-6-4-13-30-20-21)11-17-32(18-12-25)22-7-9-23(10-8-22)34-19-5-16-31-14-2-1-3-15-31/h4,6-10,13,20H,1-3,5,11-12,14-19H2. The predicted molar refractivity (Wildman–Crippen MR) is 126 cm³/mol. The maximum absolute atomic E-state index is 13.0. The molecule has 0 aliphatic carbocycles. The van der Waals surface area contributed by atoms with E-state index in [0.717, 1.165) is 24.4 Å². The van der Waals surface area contributed by atoms with Crippen LogP contribution in [0, 0.1) is 0 Å². The second-order valence-corrected chi connectivity index (χ2v) is 9.21. The maximum atomic E-state index is 13.0. The molecule has 35 heavy (non-hydrogen) atoms. The summed E-state index contributed by atoms with van der Waals surface area (Å²) in [4.78, 5) is 20.3. The zero-order valence-corrected chi connectivity index (χ0v) is 19.8. The topological polar surface area (TPSA) is 54.9 Å². The number of alkyl halides is 3. The first-order valence-electron chi connectivity index (χ1n) is 12.3. The number of esters is 1. The molecule has 0 atom stereocenters. The number of aromatic nitrogens is 1. The fourth-order valence-corrected chi connectivity index (χ4v) is 4.86. The highest BCUT2D eigenvalue weighted by atomic mass is 19.4. The molecule has 2 aliphatic rings. The Labute approximate surface area is 204 Å². The first-order valence-corrected chi connectivity index (χ1v) is 12.3. The van der Waals surface area contributed by atoms with Crippen molar-refractivity contribution in [1.82, 2.24) is 9.88 Å². The number of carbonyl (C=O) groups excluding carboxylic acids is 1. The Balaban J connectivity index is 1.32. The molecule has 3 heterocycles. The van der Waals surface area contributed by atoms with Crippen LogP contribution in [0.25, 0.3) is 0 Å². The molecule has 9 heteroatoms. The number of rotatable bonds is 8. The van der Waals surface area contributed by atoms with Crippen molar-refractivity contribution in [3.63, 3.8) is 0 Å². The summed E-state index contributed by atoms with van der Waals surface area (Å²) < 4.78 is 49.8. The quantitative estimate of drug-likeness (QED) is 0.385. The molecule has 0 bridgehead atoms. The number of benzene rings is 1. The van der Waals surface area contributed by atoms with E-state index in [9.17, 15) is 18.0 Å². The van der Waals surface area contributed by atoms with Gasteiger partial charge in [-0.3, -0.25) is 4.98 Å². The molecule has 4 rings (SSSR count). The summed E-state index contributed by atoms with van der Waals surface area (Å²) in [5, 5.41) is 0. The van der Waals surface area contributed by atoms with Crippen molar-refractivity contribution in [1.29, 1.82) is 0 Å². The number of nitrogens with zero attached hydrogens (tertiary/aromatic N) is 3. The van der Waals surface area contributed by atoms with Gasteiger partial charge in [0.25, 0.3) is 0 Å². The van der Waals surface area contributed by atoms with Gasteiger partial charge in [-0.1, -0.05) is 12.5 Å². The Morgan fingerprint density at radius 3 is 2.34 bits per heavy atom. The van der Waals surface area contributed by atoms with Crippen LogP contribution in [0.15, 0.2) is 48.8 Å². The normalized spacial score (nSPS) is 18.8. The van der Waals surface area contributed by atoms with Gasteiger partial charge in [-0.15, -0.1) is 0 Å². The van der Waals surface area contributed by atoms with Crippen molar-refractivity contribution in [3.05, 3.63) is 54.4 Å². The number of piperidine rings is 2. The molecular formula is C26H32F3N3O3. The molecule has 0 N–H and O–H groups in total. The highest BCUT2D eigenvalue weighted by molar-refractivity contribution is 5.76. The van der Waals surface area contributed by atoms with Gasteiger partial charge in [0, 0.05) is 56.1 Å². The average molecular weight is 492 g/mol. The lowest BCUT2D eigenvalue weighted by molar-refractivity contribution is -0.217. The summed E-state index contributed by atoms with van der Waals surface area (Å²) in [6.45, 7) is 4.97. The predicted octanol–water partition coefficient (Wildman–Crippen LogP) is 4.94. The van der Waals surface area contributed by atoms with Crippen molar-refractivity contribution < 1.29 is 27.4 Å². The Morgan fingerprint density at radius 1 is 1.00 bits per heavy atom. The van der Waals surface area contributed by atoms with Crippen LogP contribution in [0.4, 0.5) is 18.9 Å². The maximum Gasteiger partial charge on any atom is 0.490 e. The molecule has 1 aromatic heterocycles. The van der Waals surface area contributed by atoms with Crippen LogP contribution in [-0.4, -0.2) is 61.4 Å². The number of hydrogen-bond acceptors (Lipinski definition) is 6. The van der Waals surface area contributed by atoms with E-state index in [1.165, 1.54) is 44.7 Å². The van der Waals surface area contributed by atoms with Crippen LogP contribution in [0.5, 0.6) is 5.75 Å². The SMILES string of the molecule is O=C(OC1(c2cccnc2)CCN(c2ccc(OCCCN3CCCCC3)cc2)CC1)C(F)(F)F. The largest absolute Gasteiger partial charge is 0.494 e. The number of halogens is 3. The van der Waals surface area contributed by atoms with E-state index in [-0.39, 0.29) is 12.8 Å². The lowest BCUT2D eigenvalue weighted by Gasteiger charge is -2.42. The minimum Gasteiger partial charge on any atom is -0.494 e. The van der Waals surface area contributed by atoms with E-state index in [4.69, 9.17) is 9.47 Å². The summed E-state index contributed by atoms with van der Waals surface area (Å²) in [7, 11) is 0. The molecule has 0 saturated carbocycles. The van der Waals surface area contributed by atoms with Gasteiger partial charge in [0.15, 0.2) is 0 Å². The highest BCUT2D eigenvalue weighted by Gasteiger charge is 2.48. The van der Waals surface area contributed by atoms with E-state index < -0.39 is 17.7 Å². The fourth-order valence-electron chi connectivity index (χ4n) is 4.86. The summed E-state index contributed by atoms with van der Waals surface area (Å²) in [6.07, 6.45) is 3.31. The van der Waals surface area contributed by atoms with Gasteiger partial charge < -0.3 is 19.3 Å². The third-order valence-corrected chi connectivity index (χ3v) is 6.82. The molecule has 6 nitrogen and oxygen atoms in total. The number of anilines is 1. The summed E-state index contributed by atoms with van der Waals surface area (Å²) in [5.41, 5.74) is 0.0764. The summed E-state index contributed by atoms with van der Waals surface area (Å²) >= 11 is 0. The first-order chi connectivity index (χ1) is 16.9. The molecule has 2 aromatic rings. The Hall–Kier alpha value is -2.81. The van der Waals surface area contributed by atoms with E-state index in [2.05, 4.69) is 14.8 Å². The second-order valence-electron chi connectivity index (χ2n) is 9.21.